The number of hydrogen-bond donors (Lipinski definition) is 0. The van der Waals surface area contributed by atoms with Gasteiger partial charge < -0.3 is 9.64 Å². The van der Waals surface area contributed by atoms with E-state index in [-0.39, 0.29) is 17.6 Å². The Hall–Kier alpha value is -0.900. The Morgan fingerprint density at radius 3 is 2.11 bits per heavy atom. The van der Waals surface area contributed by atoms with E-state index in [1.165, 1.54) is 0 Å². The van der Waals surface area contributed by atoms with Gasteiger partial charge in [0, 0.05) is 25.9 Å². The summed E-state index contributed by atoms with van der Waals surface area (Å²) in [5.41, 5.74) is 0. The maximum absolute atomic E-state index is 11.7. The fraction of sp³-hybridized carbons (Fsp3) is 0.857. The summed E-state index contributed by atoms with van der Waals surface area (Å²) in [4.78, 5) is 24.7. The van der Waals surface area contributed by atoms with Crippen LogP contribution in [0.3, 0.4) is 0 Å². The molecular weight excluding hydrogens is 230 g/mol. The topological polar surface area (TPSA) is 46.6 Å². The van der Waals surface area contributed by atoms with E-state index in [4.69, 9.17) is 4.74 Å². The summed E-state index contributed by atoms with van der Waals surface area (Å²) in [6.45, 7) is 9.50. The molecule has 0 radical (unpaired) electrons. The minimum Gasteiger partial charge on any atom is -0.380 e. The molecule has 0 aliphatic carbocycles. The Labute approximate surface area is 111 Å². The largest absolute Gasteiger partial charge is 0.380 e. The summed E-state index contributed by atoms with van der Waals surface area (Å²) in [5, 5.41) is 0. The number of carbonyl (C=O) groups excluding carboxylic acids is 2. The third-order valence-corrected chi connectivity index (χ3v) is 2.66. The summed E-state index contributed by atoms with van der Waals surface area (Å²) in [6, 6.07) is 0. The van der Waals surface area contributed by atoms with Crippen molar-refractivity contribution in [2.75, 3.05) is 26.8 Å². The molecule has 0 saturated carbocycles. The highest BCUT2D eigenvalue weighted by molar-refractivity contribution is 5.80. The van der Waals surface area contributed by atoms with E-state index in [1.54, 1.807) is 4.90 Å². The second kappa shape index (κ2) is 9.09. The van der Waals surface area contributed by atoms with Crippen LogP contribution in [0.1, 0.15) is 40.5 Å². The van der Waals surface area contributed by atoms with Crippen LogP contribution in [0.4, 0.5) is 0 Å². The van der Waals surface area contributed by atoms with Gasteiger partial charge in [0.1, 0.15) is 5.78 Å². The fourth-order valence-electron chi connectivity index (χ4n) is 1.56. The number of hydrogen-bond acceptors (Lipinski definition) is 3. The van der Waals surface area contributed by atoms with Crippen LogP contribution in [0.2, 0.25) is 0 Å². The van der Waals surface area contributed by atoms with Crippen molar-refractivity contribution in [3.8, 4) is 0 Å². The lowest BCUT2D eigenvalue weighted by Gasteiger charge is -2.19. The van der Waals surface area contributed by atoms with E-state index in [0.29, 0.717) is 32.0 Å². The molecule has 0 fully saturated rings. The molecule has 18 heavy (non-hydrogen) atoms. The van der Waals surface area contributed by atoms with Gasteiger partial charge in [-0.05, 0) is 5.92 Å². The van der Waals surface area contributed by atoms with Crippen LogP contribution < -0.4 is 0 Å². The molecule has 106 valence electrons. The quantitative estimate of drug-likeness (QED) is 0.594. The molecular formula is C14H27NO3. The summed E-state index contributed by atoms with van der Waals surface area (Å²) in [7, 11) is 1.81. The zero-order valence-corrected chi connectivity index (χ0v) is 12.4. The maximum Gasteiger partial charge on any atom is 0.224 e. The van der Waals surface area contributed by atoms with Crippen LogP contribution >= 0.6 is 0 Å². The SMILES string of the molecule is CC(C)CN(C)C(=O)CCOCCC(=O)C(C)C. The molecule has 4 nitrogen and oxygen atoms in total. The van der Waals surface area contributed by atoms with Gasteiger partial charge in [0.05, 0.1) is 19.6 Å². The monoisotopic (exact) mass is 257 g/mol. The average Bonchev–Trinajstić information content (AvgIpc) is 2.26. The fourth-order valence-corrected chi connectivity index (χ4v) is 1.56. The van der Waals surface area contributed by atoms with Crippen molar-refractivity contribution in [2.45, 2.75) is 40.5 Å². The second-order valence-electron chi connectivity index (χ2n) is 5.40. The Kier molecular flexibility index (Phi) is 8.63. The molecule has 0 bridgehead atoms. The predicted molar refractivity (Wildman–Crippen MR) is 72.4 cm³/mol. The Morgan fingerprint density at radius 1 is 1.06 bits per heavy atom. The van der Waals surface area contributed by atoms with E-state index in [0.717, 1.165) is 6.54 Å². The molecule has 4 heteroatoms. The zero-order valence-electron chi connectivity index (χ0n) is 12.4. The number of nitrogens with zero attached hydrogens (tertiary/aromatic N) is 1. The smallest absolute Gasteiger partial charge is 0.224 e. The van der Waals surface area contributed by atoms with Crippen LogP contribution in [0.5, 0.6) is 0 Å². The number of Topliss-reactive ketones (excluding diaryl/α,β-unsaturated/α-hetero) is 1. The standard InChI is InChI=1S/C14H27NO3/c1-11(2)10-15(5)14(17)7-9-18-8-6-13(16)12(3)4/h11-12H,6-10H2,1-5H3. The van der Waals surface area contributed by atoms with Crippen molar-refractivity contribution in [3.63, 3.8) is 0 Å². The maximum atomic E-state index is 11.7. The highest BCUT2D eigenvalue weighted by atomic mass is 16.5. The van der Waals surface area contributed by atoms with Crippen LogP contribution in [-0.2, 0) is 14.3 Å². The molecule has 0 unspecified atom stereocenters. The van der Waals surface area contributed by atoms with Gasteiger partial charge in [0.25, 0.3) is 0 Å². The first kappa shape index (κ1) is 17.1. The predicted octanol–water partition coefficient (Wildman–Crippen LogP) is 2.12. The van der Waals surface area contributed by atoms with Gasteiger partial charge in [-0.3, -0.25) is 9.59 Å². The van der Waals surface area contributed by atoms with Crippen LogP contribution in [-0.4, -0.2) is 43.4 Å². The zero-order chi connectivity index (χ0) is 14.1. The van der Waals surface area contributed by atoms with Crippen molar-refractivity contribution < 1.29 is 14.3 Å². The van der Waals surface area contributed by atoms with Gasteiger partial charge in [-0.15, -0.1) is 0 Å². The van der Waals surface area contributed by atoms with Gasteiger partial charge in [-0.25, -0.2) is 0 Å². The number of ketones is 1. The minimum absolute atomic E-state index is 0.0624. The second-order valence-corrected chi connectivity index (χ2v) is 5.40. The number of ether oxygens (including phenoxy) is 1. The Morgan fingerprint density at radius 2 is 1.61 bits per heavy atom. The van der Waals surface area contributed by atoms with Gasteiger partial charge in [-0.2, -0.15) is 0 Å². The highest BCUT2D eigenvalue weighted by Gasteiger charge is 2.10. The Bertz CT molecular complexity index is 262. The molecule has 0 aromatic carbocycles. The lowest BCUT2D eigenvalue weighted by atomic mass is 10.1. The molecule has 0 heterocycles. The van der Waals surface area contributed by atoms with E-state index >= 15 is 0 Å². The van der Waals surface area contributed by atoms with E-state index in [2.05, 4.69) is 13.8 Å². The van der Waals surface area contributed by atoms with Crippen LogP contribution in [0.25, 0.3) is 0 Å². The number of amides is 1. The van der Waals surface area contributed by atoms with E-state index in [1.807, 2.05) is 20.9 Å². The first-order chi connectivity index (χ1) is 8.34. The van der Waals surface area contributed by atoms with Crippen LogP contribution in [0, 0.1) is 11.8 Å². The van der Waals surface area contributed by atoms with Gasteiger partial charge >= 0.3 is 0 Å². The minimum atomic E-state index is 0.0624. The van der Waals surface area contributed by atoms with E-state index in [9.17, 15) is 9.59 Å². The lowest BCUT2D eigenvalue weighted by molar-refractivity contribution is -0.131. The summed E-state index contributed by atoms with van der Waals surface area (Å²) in [5.74, 6) is 0.841. The normalized spacial score (nSPS) is 11.1. The highest BCUT2D eigenvalue weighted by Crippen LogP contribution is 2.01. The van der Waals surface area contributed by atoms with Gasteiger partial charge in [-0.1, -0.05) is 27.7 Å². The van der Waals surface area contributed by atoms with Crippen molar-refractivity contribution in [3.05, 3.63) is 0 Å². The summed E-state index contributed by atoms with van der Waals surface area (Å²) >= 11 is 0. The van der Waals surface area contributed by atoms with Crippen molar-refractivity contribution in [2.24, 2.45) is 11.8 Å². The molecule has 0 aromatic heterocycles. The third-order valence-electron chi connectivity index (χ3n) is 2.66. The molecule has 0 rings (SSSR count). The molecule has 1 amide bonds. The Balaban J connectivity index is 3.60. The number of carbonyl (C=O) groups is 2. The molecule has 0 aromatic rings. The van der Waals surface area contributed by atoms with E-state index < -0.39 is 0 Å². The first-order valence-electron chi connectivity index (χ1n) is 6.69. The molecule has 0 spiro atoms. The summed E-state index contributed by atoms with van der Waals surface area (Å²) < 4.78 is 5.31. The molecule has 0 aliphatic rings. The molecule has 0 N–H and O–H groups in total. The van der Waals surface area contributed by atoms with Crippen molar-refractivity contribution in [1.29, 1.82) is 0 Å². The molecule has 0 atom stereocenters. The third kappa shape index (κ3) is 8.23. The molecule has 0 aliphatic heterocycles. The lowest BCUT2D eigenvalue weighted by Crippen LogP contribution is -2.31. The first-order valence-corrected chi connectivity index (χ1v) is 6.69. The van der Waals surface area contributed by atoms with Crippen molar-refractivity contribution in [1.82, 2.24) is 4.90 Å². The summed E-state index contributed by atoms with van der Waals surface area (Å²) in [6.07, 6.45) is 0.826. The van der Waals surface area contributed by atoms with Gasteiger partial charge in [0.2, 0.25) is 5.91 Å². The number of rotatable bonds is 9. The average molecular weight is 257 g/mol. The van der Waals surface area contributed by atoms with Crippen LogP contribution in [0.15, 0.2) is 0 Å². The van der Waals surface area contributed by atoms with Crippen molar-refractivity contribution >= 4 is 11.7 Å². The van der Waals surface area contributed by atoms with Gasteiger partial charge in [0.15, 0.2) is 0 Å². The molecule has 0 saturated heterocycles.